The van der Waals surface area contributed by atoms with Crippen LogP contribution in [0.1, 0.15) is 21.6 Å². The van der Waals surface area contributed by atoms with Gasteiger partial charge in [0.1, 0.15) is 6.04 Å². The van der Waals surface area contributed by atoms with Crippen molar-refractivity contribution >= 4 is 29.1 Å². The molecule has 0 saturated carbocycles. The summed E-state index contributed by atoms with van der Waals surface area (Å²) in [5.74, 6) is -0.456. The molecule has 1 N–H and O–H groups in total. The molecule has 1 aromatic heterocycles. The second kappa shape index (κ2) is 7.68. The van der Waals surface area contributed by atoms with E-state index in [2.05, 4.69) is 10.3 Å². The number of nitrogens with one attached hydrogen (secondary N) is 1. The zero-order valence-electron chi connectivity index (χ0n) is 16.1. The van der Waals surface area contributed by atoms with Crippen molar-refractivity contribution in [1.29, 1.82) is 0 Å². The molecule has 4 rings (SSSR count). The van der Waals surface area contributed by atoms with Crippen LogP contribution in [0, 0.1) is 6.92 Å². The fraction of sp³-hybridized carbons (Fsp3) is 0.174. The summed E-state index contributed by atoms with van der Waals surface area (Å²) in [4.78, 5) is 31.3. The molecule has 146 valence electrons. The van der Waals surface area contributed by atoms with Crippen molar-refractivity contribution in [1.82, 2.24) is 10.3 Å². The number of aromatic nitrogens is 1. The molecule has 1 aliphatic rings. The number of benzene rings is 2. The molecule has 0 saturated heterocycles. The highest BCUT2D eigenvalue weighted by Gasteiger charge is 2.31. The molecule has 5 nitrogen and oxygen atoms in total. The molecular formula is C23H20ClN3O2. The Kier molecular flexibility index (Phi) is 5.07. The van der Waals surface area contributed by atoms with Gasteiger partial charge in [0, 0.05) is 30.4 Å². The molecule has 2 aromatic carbocycles. The van der Waals surface area contributed by atoms with E-state index in [1.54, 1.807) is 31.4 Å². The number of nitrogens with zero attached hydrogens (tertiary/aromatic N) is 2. The van der Waals surface area contributed by atoms with Crippen LogP contribution in [0.2, 0.25) is 5.02 Å². The first-order chi connectivity index (χ1) is 13.9. The van der Waals surface area contributed by atoms with Crippen molar-refractivity contribution in [2.45, 2.75) is 19.4 Å². The molecule has 1 aliphatic heterocycles. The number of pyridine rings is 1. The quantitative estimate of drug-likeness (QED) is 0.715. The molecule has 0 fully saturated rings. The van der Waals surface area contributed by atoms with E-state index in [4.69, 9.17) is 11.6 Å². The third-order valence-corrected chi connectivity index (χ3v) is 5.36. The largest absolute Gasteiger partial charge is 0.340 e. The van der Waals surface area contributed by atoms with E-state index in [1.807, 2.05) is 43.3 Å². The number of hydrogen-bond donors (Lipinski definition) is 1. The predicted octanol–water partition coefficient (Wildman–Crippen LogP) is 4.03. The van der Waals surface area contributed by atoms with Crippen LogP contribution in [-0.4, -0.2) is 29.9 Å². The van der Waals surface area contributed by atoms with Crippen molar-refractivity contribution in [3.63, 3.8) is 0 Å². The third-order valence-electron chi connectivity index (χ3n) is 5.12. The van der Waals surface area contributed by atoms with Crippen LogP contribution in [0.5, 0.6) is 0 Å². The summed E-state index contributed by atoms with van der Waals surface area (Å²) >= 11 is 6.03. The number of fused-ring (bicyclic) bond motifs is 1. The van der Waals surface area contributed by atoms with Crippen molar-refractivity contribution in [3.8, 4) is 11.1 Å². The van der Waals surface area contributed by atoms with Crippen LogP contribution in [0.25, 0.3) is 11.1 Å². The Morgan fingerprint density at radius 3 is 2.52 bits per heavy atom. The summed E-state index contributed by atoms with van der Waals surface area (Å²) < 4.78 is 0. The number of likely N-dealkylation sites (N-methyl/N-ethyl adjacent to an activating group) is 1. The summed E-state index contributed by atoms with van der Waals surface area (Å²) in [5, 5.41) is 3.31. The van der Waals surface area contributed by atoms with E-state index < -0.39 is 6.04 Å². The van der Waals surface area contributed by atoms with Crippen molar-refractivity contribution in [2.75, 3.05) is 11.9 Å². The Morgan fingerprint density at radius 1 is 1.03 bits per heavy atom. The minimum atomic E-state index is -0.646. The smallest absolute Gasteiger partial charge is 0.254 e. The molecular weight excluding hydrogens is 386 g/mol. The molecule has 2 amide bonds. The Labute approximate surface area is 174 Å². The van der Waals surface area contributed by atoms with E-state index >= 15 is 0 Å². The fourth-order valence-electron chi connectivity index (χ4n) is 3.57. The standard InChI is InChI=1S/C23H20ClN3O2/c1-14-11-17(9-10-25-14)16-5-3-15(4-6-16)12-20-23(29)27(2)21-8-7-18(24)13-19(21)22(28)26-20/h3-11,13,20H,12H2,1-2H3,(H,26,28). The number of carbonyl (C=O) groups is 2. The van der Waals surface area contributed by atoms with Gasteiger partial charge in [-0.2, -0.15) is 0 Å². The van der Waals surface area contributed by atoms with Crippen LogP contribution in [0.15, 0.2) is 60.8 Å². The lowest BCUT2D eigenvalue weighted by Crippen LogP contribution is -2.45. The molecule has 0 bridgehead atoms. The van der Waals surface area contributed by atoms with Gasteiger partial charge in [-0.05, 0) is 53.9 Å². The highest BCUT2D eigenvalue weighted by molar-refractivity contribution is 6.31. The lowest BCUT2D eigenvalue weighted by molar-refractivity contribution is -0.120. The maximum atomic E-state index is 12.9. The van der Waals surface area contributed by atoms with Gasteiger partial charge >= 0.3 is 0 Å². The average molecular weight is 406 g/mol. The number of anilines is 1. The van der Waals surface area contributed by atoms with Crippen LogP contribution in [0.3, 0.4) is 0 Å². The fourth-order valence-corrected chi connectivity index (χ4v) is 3.74. The van der Waals surface area contributed by atoms with E-state index in [9.17, 15) is 9.59 Å². The predicted molar refractivity (Wildman–Crippen MR) is 114 cm³/mol. The number of amides is 2. The van der Waals surface area contributed by atoms with Gasteiger partial charge in [-0.15, -0.1) is 0 Å². The van der Waals surface area contributed by atoms with Crippen LogP contribution in [0.4, 0.5) is 5.69 Å². The number of hydrogen-bond acceptors (Lipinski definition) is 3. The lowest BCUT2D eigenvalue weighted by atomic mass is 10.0. The second-order valence-corrected chi connectivity index (χ2v) is 7.61. The maximum Gasteiger partial charge on any atom is 0.254 e. The van der Waals surface area contributed by atoms with E-state index in [0.717, 1.165) is 22.4 Å². The topological polar surface area (TPSA) is 62.3 Å². The molecule has 0 aliphatic carbocycles. The normalized spacial score (nSPS) is 16.2. The Balaban J connectivity index is 1.57. The van der Waals surface area contributed by atoms with Crippen LogP contribution < -0.4 is 10.2 Å². The third kappa shape index (κ3) is 3.87. The highest BCUT2D eigenvalue weighted by Crippen LogP contribution is 2.27. The average Bonchev–Trinajstić information content (AvgIpc) is 2.80. The first-order valence-electron chi connectivity index (χ1n) is 9.32. The molecule has 3 aromatic rings. The van der Waals surface area contributed by atoms with Gasteiger partial charge in [-0.3, -0.25) is 14.6 Å². The number of carbonyl (C=O) groups excluding carboxylic acids is 2. The van der Waals surface area contributed by atoms with Crippen LogP contribution in [-0.2, 0) is 11.2 Å². The summed E-state index contributed by atoms with van der Waals surface area (Å²) in [5.41, 5.74) is 5.06. The zero-order valence-corrected chi connectivity index (χ0v) is 16.9. The van der Waals surface area contributed by atoms with Crippen molar-refractivity contribution in [3.05, 3.63) is 82.6 Å². The lowest BCUT2D eigenvalue weighted by Gasteiger charge is -2.21. The summed E-state index contributed by atoms with van der Waals surface area (Å²) in [6, 6.07) is 16.3. The number of halogens is 1. The molecule has 1 atom stereocenters. The molecule has 29 heavy (non-hydrogen) atoms. The maximum absolute atomic E-state index is 12.9. The summed E-state index contributed by atoms with van der Waals surface area (Å²) in [6.45, 7) is 1.96. The van der Waals surface area contributed by atoms with Crippen molar-refractivity contribution < 1.29 is 9.59 Å². The van der Waals surface area contributed by atoms with Crippen molar-refractivity contribution in [2.24, 2.45) is 0 Å². The molecule has 6 heteroatoms. The van der Waals surface area contributed by atoms with Gasteiger partial charge in [0.15, 0.2) is 0 Å². The van der Waals surface area contributed by atoms with Gasteiger partial charge < -0.3 is 10.2 Å². The first kappa shape index (κ1) is 19.2. The van der Waals surface area contributed by atoms with Gasteiger partial charge in [-0.25, -0.2) is 0 Å². The molecule has 1 unspecified atom stereocenters. The van der Waals surface area contributed by atoms with Crippen LogP contribution >= 0.6 is 11.6 Å². The number of rotatable bonds is 3. The minimum Gasteiger partial charge on any atom is -0.340 e. The molecule has 2 heterocycles. The monoisotopic (exact) mass is 405 g/mol. The molecule has 0 radical (unpaired) electrons. The molecule has 0 spiro atoms. The van der Waals surface area contributed by atoms with E-state index in [0.29, 0.717) is 22.7 Å². The SMILES string of the molecule is Cc1cc(-c2ccc(CC3NC(=O)c4cc(Cl)ccc4N(C)C3=O)cc2)ccn1. The van der Waals surface area contributed by atoms with Gasteiger partial charge in [0.25, 0.3) is 5.91 Å². The van der Waals surface area contributed by atoms with E-state index in [-0.39, 0.29) is 11.8 Å². The van der Waals surface area contributed by atoms with Gasteiger partial charge in [0.05, 0.1) is 11.3 Å². The van der Waals surface area contributed by atoms with Gasteiger partial charge in [0.2, 0.25) is 5.91 Å². The van der Waals surface area contributed by atoms with E-state index in [1.165, 1.54) is 4.90 Å². The highest BCUT2D eigenvalue weighted by atomic mass is 35.5. The number of aryl methyl sites for hydroxylation is 1. The summed E-state index contributed by atoms with van der Waals surface area (Å²) in [6.07, 6.45) is 2.20. The first-order valence-corrected chi connectivity index (χ1v) is 9.70. The Bertz CT molecular complexity index is 1100. The minimum absolute atomic E-state index is 0.159. The Morgan fingerprint density at radius 2 is 1.79 bits per heavy atom. The zero-order chi connectivity index (χ0) is 20.5. The Hall–Kier alpha value is -3.18. The summed E-state index contributed by atoms with van der Waals surface area (Å²) in [7, 11) is 1.68. The second-order valence-electron chi connectivity index (χ2n) is 7.17. The van der Waals surface area contributed by atoms with Gasteiger partial charge in [-0.1, -0.05) is 35.9 Å².